The van der Waals surface area contributed by atoms with E-state index in [9.17, 15) is 0 Å². The number of rotatable bonds is 7. The third kappa shape index (κ3) is 5.67. The number of hydrogen-bond acceptors (Lipinski definition) is 2. The zero-order valence-electron chi connectivity index (χ0n) is 14.6. The van der Waals surface area contributed by atoms with Crippen molar-refractivity contribution in [3.05, 3.63) is 12.3 Å². The molecule has 2 nitrogen and oxygen atoms in total. The van der Waals surface area contributed by atoms with Crippen LogP contribution in [-0.4, -0.2) is 43.0 Å². The highest BCUT2D eigenvalue weighted by Gasteiger charge is 2.41. The summed E-state index contributed by atoms with van der Waals surface area (Å²) in [6.45, 7) is 26.2. The summed E-state index contributed by atoms with van der Waals surface area (Å²) >= 11 is 0. The van der Waals surface area contributed by atoms with Gasteiger partial charge in [0, 0.05) is 0 Å². The van der Waals surface area contributed by atoms with Crippen LogP contribution in [0, 0.1) is 0 Å². The highest BCUT2D eigenvalue weighted by molar-refractivity contribution is 6.76. The Morgan fingerprint density at radius 1 is 1.21 bits per heavy atom. The van der Waals surface area contributed by atoms with Crippen LogP contribution in [0.2, 0.25) is 37.8 Å². The van der Waals surface area contributed by atoms with E-state index in [1.54, 1.807) is 0 Å². The van der Waals surface area contributed by atoms with Gasteiger partial charge in [-0.1, -0.05) is 47.3 Å². The smallest absolute Gasteiger partial charge is 0.193 e. The van der Waals surface area contributed by atoms with Crippen LogP contribution in [0.5, 0.6) is 0 Å². The van der Waals surface area contributed by atoms with Crippen molar-refractivity contribution in [2.45, 2.75) is 71.3 Å². The minimum absolute atomic E-state index is 0.277. The van der Waals surface area contributed by atoms with Crippen molar-refractivity contribution in [1.29, 1.82) is 0 Å². The van der Waals surface area contributed by atoms with Gasteiger partial charge >= 0.3 is 0 Å². The van der Waals surface area contributed by atoms with E-state index in [4.69, 9.17) is 4.43 Å². The van der Waals surface area contributed by atoms with Gasteiger partial charge in [-0.2, -0.15) is 0 Å². The van der Waals surface area contributed by atoms with Gasteiger partial charge in [-0.15, -0.1) is 12.3 Å². The lowest BCUT2D eigenvalue weighted by atomic mass is 10.2. The molecule has 1 unspecified atom stereocenters. The van der Waals surface area contributed by atoms with Crippen LogP contribution in [-0.2, 0) is 4.43 Å². The van der Waals surface area contributed by atoms with Gasteiger partial charge in [0.25, 0.3) is 0 Å². The lowest BCUT2D eigenvalue weighted by Gasteiger charge is -2.46. The zero-order valence-corrected chi connectivity index (χ0v) is 18.0. The number of nitrogens with zero attached hydrogens (tertiary/aromatic N) is 1. The minimum atomic E-state index is -1.70. The van der Waals surface area contributed by atoms with Gasteiger partial charge < -0.3 is 8.99 Å². The van der Waals surface area contributed by atoms with Crippen molar-refractivity contribution in [1.82, 2.24) is 4.57 Å². The van der Waals surface area contributed by atoms with Gasteiger partial charge in [0.2, 0.25) is 0 Å². The summed E-state index contributed by atoms with van der Waals surface area (Å²) in [5, 5.41) is 0.277. The fraction of sp³-hybridized carbons (Fsp3) is 0.857. The molecule has 0 aliphatic heterocycles. The molecule has 0 saturated heterocycles. The van der Waals surface area contributed by atoms with Gasteiger partial charge in [0.05, 0.1) is 15.4 Å². The number of hydrogen-bond donors (Lipinski definition) is 0. The van der Waals surface area contributed by atoms with Gasteiger partial charge in [-0.05, 0) is 24.7 Å². The Bertz CT molecular complexity index is 292. The lowest BCUT2D eigenvalue weighted by molar-refractivity contribution is 0.138. The molecule has 5 heteroatoms. The van der Waals surface area contributed by atoms with Crippen molar-refractivity contribution in [3.63, 3.8) is 0 Å². The third-order valence-corrected chi connectivity index (χ3v) is 13.0. The van der Waals surface area contributed by atoms with E-state index in [0.717, 1.165) is 6.54 Å². The van der Waals surface area contributed by atoms with Crippen molar-refractivity contribution < 1.29 is 4.43 Å². The molecule has 0 heterocycles. The molecule has 1 atom stereocenters. The molecular formula is C14H35NOSi3. The first-order valence-electron chi connectivity index (χ1n) is 7.42. The van der Waals surface area contributed by atoms with Crippen LogP contribution in [0.15, 0.2) is 12.3 Å². The van der Waals surface area contributed by atoms with E-state index in [1.807, 2.05) is 0 Å². The summed E-state index contributed by atoms with van der Waals surface area (Å²) in [6, 6.07) is 0. The summed E-state index contributed by atoms with van der Waals surface area (Å²) in [5.74, 6) is 0.343. The molecule has 0 spiro atoms. The van der Waals surface area contributed by atoms with Crippen molar-refractivity contribution in [2.75, 3.05) is 6.54 Å². The van der Waals surface area contributed by atoms with Gasteiger partial charge in [-0.25, -0.2) is 0 Å². The van der Waals surface area contributed by atoms with Crippen LogP contribution >= 0.6 is 0 Å². The molecule has 0 radical (unpaired) electrons. The molecule has 0 N–H and O–H groups in total. The maximum absolute atomic E-state index is 6.71. The maximum atomic E-state index is 6.71. The quantitative estimate of drug-likeness (QED) is 0.523. The Hall–Kier alpha value is 0.311. The van der Waals surface area contributed by atoms with E-state index in [0.29, 0.717) is 5.85 Å². The second kappa shape index (κ2) is 6.85. The third-order valence-electron chi connectivity index (χ3n) is 4.16. The maximum Gasteiger partial charge on any atom is 0.193 e. The van der Waals surface area contributed by atoms with Crippen LogP contribution in [0.1, 0.15) is 27.7 Å². The van der Waals surface area contributed by atoms with Crippen molar-refractivity contribution in [2.24, 2.45) is 0 Å². The van der Waals surface area contributed by atoms with Crippen LogP contribution in [0.3, 0.4) is 0 Å². The van der Waals surface area contributed by atoms with Crippen LogP contribution < -0.4 is 0 Å². The molecule has 0 saturated carbocycles. The van der Waals surface area contributed by atoms with Crippen molar-refractivity contribution >= 4 is 26.1 Å². The molecule has 0 rings (SSSR count). The summed E-state index contributed by atoms with van der Waals surface area (Å²) in [7, 11) is -3.43. The minimum Gasteiger partial charge on any atom is -0.406 e. The summed E-state index contributed by atoms with van der Waals surface area (Å²) in [6.07, 6.45) is 0. The molecule has 0 amide bonds. The summed E-state index contributed by atoms with van der Waals surface area (Å²) in [5.41, 5.74) is 2.14. The second-order valence-electron chi connectivity index (χ2n) is 7.81. The summed E-state index contributed by atoms with van der Waals surface area (Å²) in [4.78, 5) is 0. The predicted octanol–water partition coefficient (Wildman–Crippen LogP) is 3.76. The standard InChI is InChI=1S/C14H35NOSi3/c1-11-15(18(6,7)8)13(17-12-2)16-19(9,10)14(3,4)5/h12-13H,2,11,17H2,1,3-10H3. The molecule has 114 valence electrons. The van der Waals surface area contributed by atoms with Gasteiger partial charge in [0.15, 0.2) is 8.32 Å². The Morgan fingerprint density at radius 2 is 1.68 bits per heavy atom. The lowest BCUT2D eigenvalue weighted by Crippen LogP contribution is -2.59. The topological polar surface area (TPSA) is 12.5 Å². The fourth-order valence-corrected chi connectivity index (χ4v) is 9.53. The second-order valence-corrected chi connectivity index (χ2v) is 19.2. The molecule has 0 aromatic carbocycles. The van der Waals surface area contributed by atoms with Crippen LogP contribution in [0.25, 0.3) is 0 Å². The monoisotopic (exact) mass is 317 g/mol. The van der Waals surface area contributed by atoms with E-state index in [-0.39, 0.29) is 5.04 Å². The predicted molar refractivity (Wildman–Crippen MR) is 96.5 cm³/mol. The average Bonchev–Trinajstić information content (AvgIpc) is 2.13. The molecule has 19 heavy (non-hydrogen) atoms. The largest absolute Gasteiger partial charge is 0.406 e. The Labute approximate surface area is 125 Å². The fourth-order valence-electron chi connectivity index (χ4n) is 2.01. The molecule has 0 aliphatic carbocycles. The summed E-state index contributed by atoms with van der Waals surface area (Å²) < 4.78 is 9.35. The zero-order chi connectivity index (χ0) is 15.5. The Balaban J connectivity index is 5.18. The first-order chi connectivity index (χ1) is 8.36. The highest BCUT2D eigenvalue weighted by atomic mass is 28.4. The Kier molecular flexibility index (Phi) is 6.96. The highest BCUT2D eigenvalue weighted by Crippen LogP contribution is 2.37. The molecule has 0 bridgehead atoms. The van der Waals surface area contributed by atoms with E-state index in [2.05, 4.69) is 77.3 Å². The Morgan fingerprint density at radius 3 is 1.95 bits per heavy atom. The van der Waals surface area contributed by atoms with E-state index in [1.165, 1.54) is 0 Å². The SMILES string of the molecule is C=C[SiH2]C(O[Si](C)(C)C(C)(C)C)N(CC)[Si](C)(C)C. The normalized spacial score (nSPS) is 16.3. The van der Waals surface area contributed by atoms with Gasteiger partial charge in [-0.3, -0.25) is 0 Å². The molecule has 0 aliphatic rings. The van der Waals surface area contributed by atoms with Gasteiger partial charge in [0.1, 0.15) is 8.24 Å². The first-order valence-corrected chi connectivity index (χ1v) is 15.4. The molecular weight excluding hydrogens is 282 g/mol. The molecule has 0 aromatic heterocycles. The molecule has 0 fully saturated rings. The van der Waals surface area contributed by atoms with E-state index >= 15 is 0 Å². The van der Waals surface area contributed by atoms with Crippen molar-refractivity contribution in [3.8, 4) is 0 Å². The van der Waals surface area contributed by atoms with Crippen LogP contribution in [0.4, 0.5) is 0 Å². The first kappa shape index (κ1) is 19.3. The average molecular weight is 318 g/mol. The van der Waals surface area contributed by atoms with E-state index < -0.39 is 26.1 Å². The molecule has 0 aromatic rings.